The molecule has 4 fully saturated rings. The summed E-state index contributed by atoms with van der Waals surface area (Å²) >= 11 is 0. The standard InChI is InChI=1S/C37H34O6/c38-35-11-9-33(27(13-21-17-40-21)29(35)15-23-19-42-23)37(31-7-3-1-5-25(31)26-6-2-4-8-32(26)37)34-10-12-36(39)30(16-24-20-43-24)28(34)14-22-18-41-22/h1-12,21-24,38-39H,13-20H2. The number of phenols is 2. The van der Waals surface area contributed by atoms with E-state index < -0.39 is 5.41 Å². The summed E-state index contributed by atoms with van der Waals surface area (Å²) in [4.78, 5) is 0. The molecule has 0 bridgehead atoms. The molecule has 5 aliphatic rings. The normalized spacial score (nSPS) is 25.2. The van der Waals surface area contributed by atoms with Crippen LogP contribution in [0.4, 0.5) is 0 Å². The second-order valence-electron chi connectivity index (χ2n) is 12.7. The van der Waals surface area contributed by atoms with E-state index in [1.54, 1.807) is 0 Å². The summed E-state index contributed by atoms with van der Waals surface area (Å²) < 4.78 is 23.0. The predicted molar refractivity (Wildman–Crippen MR) is 161 cm³/mol. The minimum absolute atomic E-state index is 0.125. The summed E-state index contributed by atoms with van der Waals surface area (Å²) in [5.41, 5.74) is 10.7. The van der Waals surface area contributed by atoms with E-state index in [0.717, 1.165) is 72.6 Å². The molecule has 4 unspecified atom stereocenters. The van der Waals surface area contributed by atoms with Gasteiger partial charge in [-0.2, -0.15) is 0 Å². The lowest BCUT2D eigenvalue weighted by molar-refractivity contribution is 0.394. The zero-order valence-corrected chi connectivity index (χ0v) is 23.9. The largest absolute Gasteiger partial charge is 0.508 e. The molecule has 4 atom stereocenters. The lowest BCUT2D eigenvalue weighted by Crippen LogP contribution is -2.33. The molecule has 4 saturated heterocycles. The van der Waals surface area contributed by atoms with E-state index in [-0.39, 0.29) is 24.4 Å². The van der Waals surface area contributed by atoms with Crippen LogP contribution in [0.1, 0.15) is 44.5 Å². The molecule has 2 N–H and O–H groups in total. The molecular weight excluding hydrogens is 540 g/mol. The molecule has 4 heterocycles. The van der Waals surface area contributed by atoms with E-state index in [9.17, 15) is 10.2 Å². The zero-order valence-electron chi connectivity index (χ0n) is 23.9. The molecule has 43 heavy (non-hydrogen) atoms. The fraction of sp³-hybridized carbons (Fsp3) is 0.351. The number of benzene rings is 4. The van der Waals surface area contributed by atoms with E-state index in [0.29, 0.717) is 24.3 Å². The van der Waals surface area contributed by atoms with Crippen LogP contribution >= 0.6 is 0 Å². The first kappa shape index (κ1) is 25.8. The van der Waals surface area contributed by atoms with Crippen LogP contribution in [0.2, 0.25) is 0 Å². The number of hydrogen-bond acceptors (Lipinski definition) is 6. The van der Waals surface area contributed by atoms with Gasteiger partial charge in [0.25, 0.3) is 0 Å². The van der Waals surface area contributed by atoms with Crippen molar-refractivity contribution in [2.75, 3.05) is 26.4 Å². The van der Waals surface area contributed by atoms with Crippen molar-refractivity contribution >= 4 is 0 Å². The van der Waals surface area contributed by atoms with Crippen molar-refractivity contribution < 1.29 is 29.2 Å². The summed E-state index contributed by atoms with van der Waals surface area (Å²) in [5.74, 6) is 0.627. The highest BCUT2D eigenvalue weighted by atomic mass is 16.6. The Hall–Kier alpha value is -3.68. The molecule has 1 aliphatic carbocycles. The maximum absolute atomic E-state index is 11.3. The molecule has 9 rings (SSSR count). The van der Waals surface area contributed by atoms with Crippen molar-refractivity contribution in [3.8, 4) is 22.6 Å². The van der Waals surface area contributed by atoms with Gasteiger partial charge in [-0.15, -0.1) is 0 Å². The minimum Gasteiger partial charge on any atom is -0.508 e. The number of fused-ring (bicyclic) bond motifs is 3. The Labute approximate surface area is 250 Å². The lowest BCUT2D eigenvalue weighted by Gasteiger charge is -2.38. The molecule has 6 heteroatoms. The van der Waals surface area contributed by atoms with Gasteiger partial charge in [0.1, 0.15) is 11.5 Å². The van der Waals surface area contributed by atoms with Gasteiger partial charge in [-0.1, -0.05) is 60.7 Å². The summed E-state index contributed by atoms with van der Waals surface area (Å²) in [5, 5.41) is 22.6. The summed E-state index contributed by atoms with van der Waals surface area (Å²) in [6, 6.07) is 25.5. The number of hydrogen-bond donors (Lipinski definition) is 2. The van der Waals surface area contributed by atoms with Gasteiger partial charge < -0.3 is 29.2 Å². The molecule has 6 nitrogen and oxygen atoms in total. The first-order valence-corrected chi connectivity index (χ1v) is 15.5. The number of phenolic OH excluding ortho intramolecular Hbond substituents is 2. The highest BCUT2D eigenvalue weighted by Gasteiger charge is 2.50. The minimum atomic E-state index is -0.679. The van der Waals surface area contributed by atoms with Crippen molar-refractivity contribution in [3.05, 3.63) is 117 Å². The molecule has 4 aliphatic heterocycles. The molecular formula is C37H34O6. The average Bonchev–Trinajstić information content (AvgIpc) is 3.83. The van der Waals surface area contributed by atoms with E-state index >= 15 is 0 Å². The Morgan fingerprint density at radius 2 is 0.814 bits per heavy atom. The maximum atomic E-state index is 11.3. The SMILES string of the molecule is Oc1ccc(C2(c3ccc(O)c(CC4CO4)c3CC3CO3)c3ccccc3-c3ccccc32)c(CC2CO2)c1CC1CO1. The summed E-state index contributed by atoms with van der Waals surface area (Å²) in [7, 11) is 0. The van der Waals surface area contributed by atoms with Gasteiger partial charge in [0.15, 0.2) is 0 Å². The van der Waals surface area contributed by atoms with Crippen LogP contribution in [0, 0.1) is 0 Å². The fourth-order valence-corrected chi connectivity index (χ4v) is 7.60. The zero-order chi connectivity index (χ0) is 28.7. The molecule has 0 spiro atoms. The van der Waals surface area contributed by atoms with Crippen LogP contribution in [0.3, 0.4) is 0 Å². The van der Waals surface area contributed by atoms with E-state index in [4.69, 9.17) is 18.9 Å². The molecule has 0 radical (unpaired) electrons. The van der Waals surface area contributed by atoms with Crippen molar-refractivity contribution in [2.24, 2.45) is 0 Å². The van der Waals surface area contributed by atoms with E-state index in [1.807, 2.05) is 12.1 Å². The van der Waals surface area contributed by atoms with E-state index in [2.05, 4.69) is 60.7 Å². The van der Waals surface area contributed by atoms with Gasteiger partial charge in [-0.25, -0.2) is 0 Å². The Balaban J connectivity index is 1.39. The lowest BCUT2D eigenvalue weighted by atomic mass is 9.63. The van der Waals surface area contributed by atoms with Crippen LogP contribution in [0.15, 0.2) is 72.8 Å². The van der Waals surface area contributed by atoms with Crippen LogP contribution in [0.5, 0.6) is 11.5 Å². The quantitative estimate of drug-likeness (QED) is 0.222. The van der Waals surface area contributed by atoms with E-state index in [1.165, 1.54) is 22.3 Å². The van der Waals surface area contributed by atoms with Gasteiger partial charge in [0.2, 0.25) is 0 Å². The molecule has 0 amide bonds. The van der Waals surface area contributed by atoms with Crippen LogP contribution in [0.25, 0.3) is 11.1 Å². The Morgan fingerprint density at radius 1 is 0.465 bits per heavy atom. The second-order valence-corrected chi connectivity index (χ2v) is 12.7. The first-order valence-electron chi connectivity index (χ1n) is 15.5. The third kappa shape index (κ3) is 4.31. The van der Waals surface area contributed by atoms with Crippen LogP contribution < -0.4 is 0 Å². The monoisotopic (exact) mass is 574 g/mol. The van der Waals surface area contributed by atoms with Crippen molar-refractivity contribution in [1.29, 1.82) is 0 Å². The fourth-order valence-electron chi connectivity index (χ4n) is 7.60. The van der Waals surface area contributed by atoms with Gasteiger partial charge in [0, 0.05) is 36.8 Å². The molecule has 218 valence electrons. The van der Waals surface area contributed by atoms with Crippen molar-refractivity contribution in [1.82, 2.24) is 0 Å². The topological polar surface area (TPSA) is 90.6 Å². The Morgan fingerprint density at radius 3 is 1.19 bits per heavy atom. The van der Waals surface area contributed by atoms with Crippen molar-refractivity contribution in [3.63, 3.8) is 0 Å². The third-order valence-corrected chi connectivity index (χ3v) is 9.91. The first-order chi connectivity index (χ1) is 21.1. The predicted octanol–water partition coefficient (Wildman–Crippen LogP) is 5.23. The molecule has 4 aromatic carbocycles. The average molecular weight is 575 g/mol. The van der Waals surface area contributed by atoms with Crippen LogP contribution in [-0.4, -0.2) is 61.1 Å². The van der Waals surface area contributed by atoms with Gasteiger partial charge >= 0.3 is 0 Å². The third-order valence-electron chi connectivity index (χ3n) is 9.91. The van der Waals surface area contributed by atoms with Gasteiger partial charge in [0.05, 0.1) is 56.3 Å². The van der Waals surface area contributed by atoms with Crippen molar-refractivity contribution in [2.45, 2.75) is 55.5 Å². The van der Waals surface area contributed by atoms with Gasteiger partial charge in [-0.3, -0.25) is 0 Å². The molecule has 0 aromatic heterocycles. The number of rotatable bonds is 10. The molecule has 4 aromatic rings. The number of aromatic hydroxyl groups is 2. The Kier molecular flexibility index (Phi) is 5.79. The number of ether oxygens (including phenoxy) is 4. The summed E-state index contributed by atoms with van der Waals surface area (Å²) in [6.07, 6.45) is 3.30. The highest BCUT2D eigenvalue weighted by Crippen LogP contribution is 2.59. The number of epoxide rings is 4. The van der Waals surface area contributed by atoms with Crippen LogP contribution in [-0.2, 0) is 50.0 Å². The molecule has 0 saturated carbocycles. The highest BCUT2D eigenvalue weighted by molar-refractivity contribution is 5.87. The smallest absolute Gasteiger partial charge is 0.119 e. The van der Waals surface area contributed by atoms with Gasteiger partial charge in [-0.05, 0) is 56.6 Å². The summed E-state index contributed by atoms with van der Waals surface area (Å²) in [6.45, 7) is 2.89. The Bertz CT molecular complexity index is 1620. The second kappa shape index (κ2) is 9.66. The maximum Gasteiger partial charge on any atom is 0.119 e.